The maximum atomic E-state index is 12.4. The Hall–Kier alpha value is -2.05. The van der Waals surface area contributed by atoms with Crippen molar-refractivity contribution in [3.05, 3.63) is 35.4 Å². The molecule has 1 N–H and O–H groups in total. The van der Waals surface area contributed by atoms with Gasteiger partial charge in [0.15, 0.2) is 0 Å². The van der Waals surface area contributed by atoms with Crippen LogP contribution in [0.25, 0.3) is 0 Å². The molecular formula is C13H12F3NO3. The highest BCUT2D eigenvalue weighted by molar-refractivity contribution is 5.92. The van der Waals surface area contributed by atoms with Gasteiger partial charge in [-0.3, -0.25) is 4.79 Å². The van der Waals surface area contributed by atoms with Crippen LogP contribution in [-0.2, 0) is 11.0 Å². The number of imide groups is 1. The van der Waals surface area contributed by atoms with Crippen molar-refractivity contribution < 1.29 is 27.9 Å². The molecule has 1 fully saturated rings. The number of carbonyl (C=O) groups is 2. The van der Waals surface area contributed by atoms with Crippen LogP contribution >= 0.6 is 0 Å². The minimum Gasteiger partial charge on any atom is -0.465 e. The Bertz CT molecular complexity index is 525. The molecule has 1 atom stereocenters. The van der Waals surface area contributed by atoms with Gasteiger partial charge in [0.05, 0.1) is 5.56 Å². The summed E-state index contributed by atoms with van der Waals surface area (Å²) in [6.45, 7) is 0.0693. The number of alkyl halides is 3. The molecule has 0 aliphatic carbocycles. The predicted octanol–water partition coefficient (Wildman–Crippen LogP) is 3.09. The average molecular weight is 287 g/mol. The quantitative estimate of drug-likeness (QED) is 0.863. The van der Waals surface area contributed by atoms with Crippen LogP contribution in [-0.4, -0.2) is 28.6 Å². The molecule has 1 aromatic rings. The van der Waals surface area contributed by atoms with Gasteiger partial charge in [0.2, 0.25) is 5.91 Å². The molecule has 1 aromatic carbocycles. The molecule has 0 radical (unpaired) electrons. The molecule has 0 aromatic heterocycles. The lowest BCUT2D eigenvalue weighted by Crippen LogP contribution is -2.41. The fourth-order valence-corrected chi connectivity index (χ4v) is 2.26. The molecule has 0 bridgehead atoms. The van der Waals surface area contributed by atoms with E-state index in [4.69, 9.17) is 5.11 Å². The zero-order valence-corrected chi connectivity index (χ0v) is 10.4. The zero-order valence-electron chi connectivity index (χ0n) is 10.4. The third-order valence-electron chi connectivity index (χ3n) is 3.36. The van der Waals surface area contributed by atoms with E-state index in [1.807, 2.05) is 0 Å². The second kappa shape index (κ2) is 5.15. The van der Waals surface area contributed by atoms with Crippen LogP contribution in [0.15, 0.2) is 24.3 Å². The molecule has 108 valence electrons. The van der Waals surface area contributed by atoms with E-state index in [0.717, 1.165) is 17.0 Å². The molecule has 4 nitrogen and oxygen atoms in total. The van der Waals surface area contributed by atoms with Crippen molar-refractivity contribution in [3.63, 3.8) is 0 Å². The molecule has 1 unspecified atom stereocenters. The van der Waals surface area contributed by atoms with Gasteiger partial charge in [0.25, 0.3) is 0 Å². The van der Waals surface area contributed by atoms with Gasteiger partial charge >= 0.3 is 12.3 Å². The molecule has 2 rings (SSSR count). The molecule has 7 heteroatoms. The van der Waals surface area contributed by atoms with Crippen molar-refractivity contribution in [1.82, 2.24) is 4.90 Å². The Morgan fingerprint density at radius 3 is 2.30 bits per heavy atom. The van der Waals surface area contributed by atoms with E-state index in [0.29, 0.717) is 12.0 Å². The molecule has 0 saturated carbocycles. The first-order valence-corrected chi connectivity index (χ1v) is 5.99. The van der Waals surface area contributed by atoms with Gasteiger partial charge in [-0.1, -0.05) is 12.1 Å². The van der Waals surface area contributed by atoms with E-state index >= 15 is 0 Å². The number of hydrogen-bond acceptors (Lipinski definition) is 2. The number of nitrogens with zero attached hydrogens (tertiary/aromatic N) is 1. The fourth-order valence-electron chi connectivity index (χ4n) is 2.26. The number of hydrogen-bond donors (Lipinski definition) is 1. The Kier molecular flexibility index (Phi) is 3.69. The third kappa shape index (κ3) is 2.92. The molecule has 1 aliphatic rings. The molecule has 2 amide bonds. The number of halogens is 3. The summed E-state index contributed by atoms with van der Waals surface area (Å²) in [5, 5.41) is 8.77. The first kappa shape index (κ1) is 14.4. The summed E-state index contributed by atoms with van der Waals surface area (Å²) in [4.78, 5) is 23.1. The van der Waals surface area contributed by atoms with E-state index in [-0.39, 0.29) is 18.9 Å². The Morgan fingerprint density at radius 1 is 1.25 bits per heavy atom. The van der Waals surface area contributed by atoms with Crippen molar-refractivity contribution in [1.29, 1.82) is 0 Å². The maximum absolute atomic E-state index is 12.4. The van der Waals surface area contributed by atoms with Gasteiger partial charge in [-0.2, -0.15) is 13.2 Å². The standard InChI is InChI=1S/C13H12F3NO3/c14-13(15,16)10-3-1-8(2-4-10)9-5-6-17(12(19)20)11(18)7-9/h1-4,9H,5-7H2,(H,19,20). The lowest BCUT2D eigenvalue weighted by molar-refractivity contribution is -0.137. The predicted molar refractivity (Wildman–Crippen MR) is 63.2 cm³/mol. The van der Waals surface area contributed by atoms with Crippen molar-refractivity contribution in [2.24, 2.45) is 0 Å². The Morgan fingerprint density at radius 2 is 1.85 bits per heavy atom. The second-order valence-electron chi connectivity index (χ2n) is 4.64. The number of carbonyl (C=O) groups excluding carboxylic acids is 1. The van der Waals surface area contributed by atoms with E-state index in [2.05, 4.69) is 0 Å². The number of likely N-dealkylation sites (tertiary alicyclic amines) is 1. The first-order chi connectivity index (χ1) is 9.29. The molecule has 1 heterocycles. The summed E-state index contributed by atoms with van der Waals surface area (Å²) in [6.07, 6.45) is -5.26. The van der Waals surface area contributed by atoms with Gasteiger partial charge in [-0.25, -0.2) is 9.69 Å². The summed E-state index contributed by atoms with van der Waals surface area (Å²) in [5.41, 5.74) is -0.119. The lowest BCUT2D eigenvalue weighted by atomic mass is 9.88. The van der Waals surface area contributed by atoms with Gasteiger partial charge in [-0.15, -0.1) is 0 Å². The largest absolute Gasteiger partial charge is 0.465 e. The summed E-state index contributed by atoms with van der Waals surface area (Å²) in [6, 6.07) is 4.64. The van der Waals surface area contributed by atoms with Crippen molar-refractivity contribution in [3.8, 4) is 0 Å². The van der Waals surface area contributed by atoms with E-state index in [9.17, 15) is 22.8 Å². The van der Waals surface area contributed by atoms with Crippen LogP contribution in [0, 0.1) is 0 Å². The summed E-state index contributed by atoms with van der Waals surface area (Å²) < 4.78 is 37.3. The van der Waals surface area contributed by atoms with Gasteiger partial charge < -0.3 is 5.11 Å². The van der Waals surface area contributed by atoms with Crippen molar-refractivity contribution in [2.75, 3.05) is 6.54 Å². The van der Waals surface area contributed by atoms with Crippen molar-refractivity contribution >= 4 is 12.0 Å². The fraction of sp³-hybridized carbons (Fsp3) is 0.385. The van der Waals surface area contributed by atoms with Crippen LogP contribution in [0.3, 0.4) is 0 Å². The normalized spacial score (nSPS) is 20.1. The summed E-state index contributed by atoms with van der Waals surface area (Å²) >= 11 is 0. The Balaban J connectivity index is 2.10. The van der Waals surface area contributed by atoms with Gasteiger partial charge in [-0.05, 0) is 30.0 Å². The summed E-state index contributed by atoms with van der Waals surface area (Å²) in [5.74, 6) is -0.756. The van der Waals surface area contributed by atoms with Gasteiger partial charge in [0, 0.05) is 13.0 Å². The van der Waals surface area contributed by atoms with Crippen molar-refractivity contribution in [2.45, 2.75) is 24.9 Å². The molecule has 1 saturated heterocycles. The maximum Gasteiger partial charge on any atom is 0.416 e. The first-order valence-electron chi connectivity index (χ1n) is 5.99. The van der Waals surface area contributed by atoms with Crippen LogP contribution in [0.5, 0.6) is 0 Å². The second-order valence-corrected chi connectivity index (χ2v) is 4.64. The van der Waals surface area contributed by atoms with Crippen LogP contribution in [0.1, 0.15) is 29.9 Å². The Labute approximate surface area is 112 Å². The van der Waals surface area contributed by atoms with E-state index in [1.54, 1.807) is 0 Å². The van der Waals surface area contributed by atoms with Gasteiger partial charge in [0.1, 0.15) is 0 Å². The zero-order chi connectivity index (χ0) is 14.9. The number of piperidine rings is 1. The monoisotopic (exact) mass is 287 g/mol. The van der Waals surface area contributed by atoms with E-state index < -0.39 is 23.7 Å². The highest BCUT2D eigenvalue weighted by atomic mass is 19.4. The number of rotatable bonds is 1. The van der Waals surface area contributed by atoms with Crippen LogP contribution < -0.4 is 0 Å². The molecule has 0 spiro atoms. The number of amides is 2. The number of benzene rings is 1. The third-order valence-corrected chi connectivity index (χ3v) is 3.36. The smallest absolute Gasteiger partial charge is 0.416 e. The highest BCUT2D eigenvalue weighted by Crippen LogP contribution is 2.33. The molecule has 1 aliphatic heterocycles. The molecular weight excluding hydrogens is 275 g/mol. The topological polar surface area (TPSA) is 57.6 Å². The van der Waals surface area contributed by atoms with Crippen LogP contribution in [0.2, 0.25) is 0 Å². The SMILES string of the molecule is O=C(O)N1CCC(c2ccc(C(F)(F)F)cc2)CC1=O. The number of carboxylic acid groups (broad SMARTS) is 1. The van der Waals surface area contributed by atoms with E-state index in [1.165, 1.54) is 12.1 Å². The van der Waals surface area contributed by atoms with Crippen LogP contribution in [0.4, 0.5) is 18.0 Å². The average Bonchev–Trinajstić information content (AvgIpc) is 2.37. The minimum absolute atomic E-state index is 0.00232. The molecule has 20 heavy (non-hydrogen) atoms. The summed E-state index contributed by atoms with van der Waals surface area (Å²) in [7, 11) is 0. The highest BCUT2D eigenvalue weighted by Gasteiger charge is 2.32. The minimum atomic E-state index is -4.39. The lowest BCUT2D eigenvalue weighted by Gasteiger charge is -2.28.